The van der Waals surface area contributed by atoms with E-state index in [1.54, 1.807) is 6.07 Å². The summed E-state index contributed by atoms with van der Waals surface area (Å²) in [7, 11) is 0. The molecule has 1 aromatic heterocycles. The van der Waals surface area contributed by atoms with Crippen molar-refractivity contribution in [2.24, 2.45) is 0 Å². The van der Waals surface area contributed by atoms with E-state index >= 15 is 0 Å². The maximum absolute atomic E-state index is 12.6. The van der Waals surface area contributed by atoms with E-state index < -0.39 is 0 Å². The van der Waals surface area contributed by atoms with Crippen LogP contribution in [0.25, 0.3) is 10.9 Å². The van der Waals surface area contributed by atoms with E-state index in [4.69, 9.17) is 4.74 Å². The van der Waals surface area contributed by atoms with E-state index in [1.165, 1.54) is 6.42 Å². The van der Waals surface area contributed by atoms with Crippen LogP contribution in [0.2, 0.25) is 0 Å². The molecule has 0 radical (unpaired) electrons. The van der Waals surface area contributed by atoms with Gasteiger partial charge in [0.25, 0.3) is 5.91 Å². The van der Waals surface area contributed by atoms with Gasteiger partial charge in [-0.1, -0.05) is 37.6 Å². The molecule has 4 nitrogen and oxygen atoms in total. The fourth-order valence-electron chi connectivity index (χ4n) is 3.03. The van der Waals surface area contributed by atoms with Crippen molar-refractivity contribution in [1.29, 1.82) is 0 Å². The van der Waals surface area contributed by atoms with Crippen LogP contribution >= 0.6 is 0 Å². The topological polar surface area (TPSA) is 51.2 Å². The maximum atomic E-state index is 12.6. The van der Waals surface area contributed by atoms with Gasteiger partial charge in [-0.15, -0.1) is 0 Å². The number of unbranched alkanes of at least 4 members (excludes halogenated alkanes) is 2. The molecule has 0 aliphatic carbocycles. The first-order chi connectivity index (χ1) is 14.2. The van der Waals surface area contributed by atoms with Gasteiger partial charge >= 0.3 is 0 Å². The molecule has 0 spiro atoms. The Labute approximate surface area is 172 Å². The summed E-state index contributed by atoms with van der Waals surface area (Å²) in [6.45, 7) is 4.79. The Kier molecular flexibility index (Phi) is 7.40. The largest absolute Gasteiger partial charge is 0.494 e. The van der Waals surface area contributed by atoms with Gasteiger partial charge in [-0.2, -0.15) is 0 Å². The lowest BCUT2D eigenvalue weighted by molar-refractivity contribution is 0.102. The number of pyridine rings is 1. The molecule has 0 fully saturated rings. The minimum atomic E-state index is -0.148. The van der Waals surface area contributed by atoms with Crippen LogP contribution in [0, 0.1) is 6.92 Å². The number of hydrogen-bond acceptors (Lipinski definition) is 3. The molecule has 1 amide bonds. The Morgan fingerprint density at radius 2 is 1.93 bits per heavy atom. The van der Waals surface area contributed by atoms with Crippen LogP contribution in [0.5, 0.6) is 5.75 Å². The van der Waals surface area contributed by atoms with Crippen molar-refractivity contribution in [2.45, 2.75) is 39.5 Å². The van der Waals surface area contributed by atoms with Gasteiger partial charge in [-0.25, -0.2) is 0 Å². The summed E-state index contributed by atoms with van der Waals surface area (Å²) in [5.41, 5.74) is 3.18. The van der Waals surface area contributed by atoms with E-state index in [9.17, 15) is 4.79 Å². The first-order valence-electron chi connectivity index (χ1n) is 10.2. The van der Waals surface area contributed by atoms with Crippen molar-refractivity contribution >= 4 is 22.5 Å². The van der Waals surface area contributed by atoms with Gasteiger partial charge in [-0.3, -0.25) is 9.78 Å². The molecular formula is C25H28N2O2. The van der Waals surface area contributed by atoms with E-state index in [1.807, 2.05) is 55.5 Å². The third kappa shape index (κ3) is 6.18. The Hall–Kier alpha value is -3.14. The number of carbonyl (C=O) groups is 1. The fourth-order valence-corrected chi connectivity index (χ4v) is 3.03. The second-order valence-electron chi connectivity index (χ2n) is 7.09. The Morgan fingerprint density at radius 1 is 1.07 bits per heavy atom. The number of nitrogens with zero attached hydrogens (tertiary/aromatic N) is 1. The number of nitrogens with one attached hydrogen (secondary N) is 1. The molecular weight excluding hydrogens is 360 g/mol. The van der Waals surface area contributed by atoms with Gasteiger partial charge in [0.15, 0.2) is 0 Å². The highest BCUT2D eigenvalue weighted by atomic mass is 16.5. The quantitative estimate of drug-likeness (QED) is 0.345. The summed E-state index contributed by atoms with van der Waals surface area (Å²) in [6.07, 6.45) is 8.75. The average molecular weight is 389 g/mol. The van der Waals surface area contributed by atoms with Gasteiger partial charge in [0, 0.05) is 28.4 Å². The van der Waals surface area contributed by atoms with Crippen molar-refractivity contribution in [2.75, 3.05) is 11.9 Å². The summed E-state index contributed by atoms with van der Waals surface area (Å²) in [4.78, 5) is 17.1. The standard InChI is InChI=1S/C25H28N2O2/c1-3-4-5-6-7-8-16-29-23-11-9-10-22(18-23)27-25(28)21-14-15-24-20(17-21)13-12-19(2)26-24/h5-6,9-15,17-18H,3-4,7-8,16H2,1-2H3,(H,27,28). The summed E-state index contributed by atoms with van der Waals surface area (Å²) in [6, 6.07) is 17.0. The second kappa shape index (κ2) is 10.4. The molecule has 29 heavy (non-hydrogen) atoms. The number of ether oxygens (including phenoxy) is 1. The summed E-state index contributed by atoms with van der Waals surface area (Å²) >= 11 is 0. The van der Waals surface area contributed by atoms with E-state index in [0.717, 1.165) is 47.3 Å². The third-order valence-corrected chi connectivity index (χ3v) is 4.59. The minimum Gasteiger partial charge on any atom is -0.494 e. The smallest absolute Gasteiger partial charge is 0.255 e. The van der Waals surface area contributed by atoms with Crippen LogP contribution < -0.4 is 10.1 Å². The number of carbonyl (C=O) groups excluding carboxylic acids is 1. The van der Waals surface area contributed by atoms with Crippen LogP contribution in [0.15, 0.2) is 66.7 Å². The molecule has 0 atom stereocenters. The van der Waals surface area contributed by atoms with Crippen LogP contribution in [0.1, 0.15) is 48.7 Å². The summed E-state index contributed by atoms with van der Waals surface area (Å²) < 4.78 is 5.82. The molecule has 0 bridgehead atoms. The fraction of sp³-hybridized carbons (Fsp3) is 0.280. The number of anilines is 1. The molecule has 1 N–H and O–H groups in total. The number of hydrogen-bond donors (Lipinski definition) is 1. The lowest BCUT2D eigenvalue weighted by Gasteiger charge is -2.09. The van der Waals surface area contributed by atoms with Crippen molar-refractivity contribution in [1.82, 2.24) is 4.98 Å². The molecule has 0 unspecified atom stereocenters. The second-order valence-corrected chi connectivity index (χ2v) is 7.09. The molecule has 150 valence electrons. The average Bonchev–Trinajstić information content (AvgIpc) is 2.73. The highest BCUT2D eigenvalue weighted by molar-refractivity contribution is 6.06. The monoisotopic (exact) mass is 388 g/mol. The first-order valence-corrected chi connectivity index (χ1v) is 10.2. The molecule has 0 aliphatic rings. The van der Waals surface area contributed by atoms with Crippen LogP contribution in [-0.4, -0.2) is 17.5 Å². The lowest BCUT2D eigenvalue weighted by atomic mass is 10.1. The molecule has 0 saturated heterocycles. The van der Waals surface area contributed by atoms with Gasteiger partial charge < -0.3 is 10.1 Å². The predicted octanol–water partition coefficient (Wildman–Crippen LogP) is 6.31. The minimum absolute atomic E-state index is 0.148. The highest BCUT2D eigenvalue weighted by Gasteiger charge is 2.08. The van der Waals surface area contributed by atoms with Crippen molar-refractivity contribution in [3.8, 4) is 5.75 Å². The van der Waals surface area contributed by atoms with E-state index in [0.29, 0.717) is 12.2 Å². The highest BCUT2D eigenvalue weighted by Crippen LogP contribution is 2.20. The molecule has 0 aliphatic heterocycles. The molecule has 4 heteroatoms. The number of allylic oxidation sites excluding steroid dienone is 2. The molecule has 3 aromatic rings. The molecule has 3 rings (SSSR count). The Balaban J connectivity index is 1.56. The number of amides is 1. The van der Waals surface area contributed by atoms with Gasteiger partial charge in [0.05, 0.1) is 12.1 Å². The molecule has 2 aromatic carbocycles. The van der Waals surface area contributed by atoms with Crippen molar-refractivity contribution in [3.05, 3.63) is 78.0 Å². The van der Waals surface area contributed by atoms with E-state index in [2.05, 4.69) is 29.4 Å². The molecule has 0 saturated carbocycles. The summed E-state index contributed by atoms with van der Waals surface area (Å²) in [5, 5.41) is 3.90. The number of aromatic nitrogens is 1. The maximum Gasteiger partial charge on any atom is 0.255 e. The Morgan fingerprint density at radius 3 is 2.79 bits per heavy atom. The van der Waals surface area contributed by atoms with Crippen LogP contribution in [0.4, 0.5) is 5.69 Å². The van der Waals surface area contributed by atoms with Crippen molar-refractivity contribution < 1.29 is 9.53 Å². The van der Waals surface area contributed by atoms with E-state index in [-0.39, 0.29) is 5.91 Å². The molecule has 1 heterocycles. The Bertz CT molecular complexity index is 995. The summed E-state index contributed by atoms with van der Waals surface area (Å²) in [5.74, 6) is 0.615. The first kappa shape index (κ1) is 20.6. The number of aryl methyl sites for hydroxylation is 1. The predicted molar refractivity (Wildman–Crippen MR) is 120 cm³/mol. The lowest BCUT2D eigenvalue weighted by Crippen LogP contribution is -2.12. The number of rotatable bonds is 9. The normalized spacial score (nSPS) is 11.1. The van der Waals surface area contributed by atoms with Gasteiger partial charge in [0.2, 0.25) is 0 Å². The van der Waals surface area contributed by atoms with Crippen LogP contribution in [0.3, 0.4) is 0 Å². The van der Waals surface area contributed by atoms with Gasteiger partial charge in [0.1, 0.15) is 5.75 Å². The third-order valence-electron chi connectivity index (χ3n) is 4.59. The zero-order valence-corrected chi connectivity index (χ0v) is 17.2. The van der Waals surface area contributed by atoms with Crippen LogP contribution in [-0.2, 0) is 0 Å². The zero-order chi connectivity index (χ0) is 20.5. The van der Waals surface area contributed by atoms with Crippen molar-refractivity contribution in [3.63, 3.8) is 0 Å². The van der Waals surface area contributed by atoms with Gasteiger partial charge in [-0.05, 0) is 62.6 Å². The SMILES string of the molecule is CCCC=CCCCOc1cccc(NC(=O)c2ccc3nc(C)ccc3c2)c1. The number of benzene rings is 2. The number of fused-ring (bicyclic) bond motifs is 1. The zero-order valence-electron chi connectivity index (χ0n) is 17.2.